The molecule has 1 aromatic carbocycles. The van der Waals surface area contributed by atoms with Gasteiger partial charge in [-0.1, -0.05) is 30.3 Å². The highest BCUT2D eigenvalue weighted by Crippen LogP contribution is 2.19. The highest BCUT2D eigenvalue weighted by atomic mass is 32.2. The van der Waals surface area contributed by atoms with Crippen molar-refractivity contribution in [3.8, 4) is 0 Å². The molecule has 4 nitrogen and oxygen atoms in total. The Labute approximate surface area is 108 Å². The number of rotatable bonds is 7. The summed E-state index contributed by atoms with van der Waals surface area (Å²) in [6.07, 6.45) is 1.11. The summed E-state index contributed by atoms with van der Waals surface area (Å²) in [7, 11) is -1.53. The molecule has 0 spiro atoms. The van der Waals surface area contributed by atoms with Crippen LogP contribution in [0.2, 0.25) is 0 Å². The Kier molecular flexibility index (Phi) is 5.50. The van der Waals surface area contributed by atoms with Gasteiger partial charge in [-0.25, -0.2) is 8.42 Å². The highest BCUT2D eigenvalue weighted by molar-refractivity contribution is 7.90. The number of hydrogen-bond donors (Lipinski definition) is 0. The molecule has 0 aromatic heterocycles. The van der Waals surface area contributed by atoms with E-state index < -0.39 is 15.9 Å². The number of methoxy groups -OCH3 is 1. The molecule has 0 aliphatic carbocycles. The van der Waals surface area contributed by atoms with E-state index in [4.69, 9.17) is 4.74 Å². The molecule has 1 rings (SSSR count). The normalized spacial score (nSPS) is 13.2. The van der Waals surface area contributed by atoms with Crippen LogP contribution in [0.4, 0.5) is 0 Å². The van der Waals surface area contributed by atoms with Crippen LogP contribution in [0.3, 0.4) is 0 Å². The Morgan fingerprint density at radius 3 is 2.39 bits per heavy atom. The molecule has 0 saturated heterocycles. The molecule has 0 radical (unpaired) electrons. The molecule has 0 aliphatic rings. The fraction of sp³-hybridized carbons (Fsp3) is 0.462. The van der Waals surface area contributed by atoms with Gasteiger partial charge in [0.25, 0.3) is 0 Å². The van der Waals surface area contributed by atoms with Gasteiger partial charge in [0.15, 0.2) is 5.78 Å². The second-order valence-electron chi connectivity index (χ2n) is 4.23. The average Bonchev–Trinajstić information content (AvgIpc) is 2.29. The highest BCUT2D eigenvalue weighted by Gasteiger charge is 2.19. The molecule has 0 saturated carbocycles. The quantitative estimate of drug-likeness (QED) is 0.757. The van der Waals surface area contributed by atoms with Crippen LogP contribution in [0.25, 0.3) is 0 Å². The van der Waals surface area contributed by atoms with E-state index in [0.29, 0.717) is 6.42 Å². The van der Waals surface area contributed by atoms with Crippen LogP contribution in [0.1, 0.15) is 24.5 Å². The fourth-order valence-electron chi connectivity index (χ4n) is 1.72. The van der Waals surface area contributed by atoms with Gasteiger partial charge in [0.1, 0.15) is 15.9 Å². The SMILES string of the molecule is COC(C(=O)CCCS(C)(=O)=O)c1ccccc1. The molecule has 0 amide bonds. The van der Waals surface area contributed by atoms with E-state index in [0.717, 1.165) is 5.56 Å². The first-order valence-electron chi connectivity index (χ1n) is 5.72. The monoisotopic (exact) mass is 270 g/mol. The number of benzene rings is 1. The lowest BCUT2D eigenvalue weighted by atomic mass is 10.0. The standard InChI is InChI=1S/C13H18O4S/c1-17-13(11-7-4-3-5-8-11)12(14)9-6-10-18(2,15)16/h3-5,7-8,13H,6,9-10H2,1-2H3. The summed E-state index contributed by atoms with van der Waals surface area (Å²) in [6, 6.07) is 9.19. The molecule has 100 valence electrons. The van der Waals surface area contributed by atoms with Crippen molar-refractivity contribution in [2.24, 2.45) is 0 Å². The van der Waals surface area contributed by atoms with Crippen LogP contribution >= 0.6 is 0 Å². The first-order chi connectivity index (χ1) is 8.44. The van der Waals surface area contributed by atoms with E-state index in [1.165, 1.54) is 13.4 Å². The Bertz CT molecular complexity index is 479. The summed E-state index contributed by atoms with van der Waals surface area (Å²) in [4.78, 5) is 11.9. The van der Waals surface area contributed by atoms with E-state index in [1.54, 1.807) is 0 Å². The van der Waals surface area contributed by atoms with E-state index in [9.17, 15) is 13.2 Å². The second-order valence-corrected chi connectivity index (χ2v) is 6.49. The molecule has 18 heavy (non-hydrogen) atoms. The average molecular weight is 270 g/mol. The van der Waals surface area contributed by atoms with Crippen molar-refractivity contribution in [2.75, 3.05) is 19.1 Å². The maximum Gasteiger partial charge on any atom is 0.166 e. The zero-order valence-corrected chi connectivity index (χ0v) is 11.4. The lowest BCUT2D eigenvalue weighted by Crippen LogP contribution is -2.15. The molecule has 1 unspecified atom stereocenters. The van der Waals surface area contributed by atoms with Gasteiger partial charge in [-0.3, -0.25) is 4.79 Å². The van der Waals surface area contributed by atoms with Gasteiger partial charge >= 0.3 is 0 Å². The fourth-order valence-corrected chi connectivity index (χ4v) is 2.39. The van der Waals surface area contributed by atoms with Crippen molar-refractivity contribution in [1.82, 2.24) is 0 Å². The minimum atomic E-state index is -3.01. The lowest BCUT2D eigenvalue weighted by Gasteiger charge is -2.14. The predicted molar refractivity (Wildman–Crippen MR) is 70.1 cm³/mol. The third kappa shape index (κ3) is 4.98. The Balaban J connectivity index is 2.59. The van der Waals surface area contributed by atoms with Crippen molar-refractivity contribution in [1.29, 1.82) is 0 Å². The van der Waals surface area contributed by atoms with Gasteiger partial charge in [-0.15, -0.1) is 0 Å². The summed E-state index contributed by atoms with van der Waals surface area (Å²) < 4.78 is 27.1. The molecule has 0 heterocycles. The molecule has 1 atom stereocenters. The van der Waals surface area contributed by atoms with E-state index in [-0.39, 0.29) is 18.0 Å². The van der Waals surface area contributed by atoms with Crippen molar-refractivity contribution in [3.63, 3.8) is 0 Å². The molecule has 0 fully saturated rings. The van der Waals surface area contributed by atoms with Gasteiger partial charge in [0, 0.05) is 19.8 Å². The maximum absolute atomic E-state index is 11.9. The minimum Gasteiger partial charge on any atom is -0.369 e. The van der Waals surface area contributed by atoms with Crippen LogP contribution < -0.4 is 0 Å². The number of carbonyl (C=O) groups excluding carboxylic acids is 1. The third-order valence-electron chi connectivity index (χ3n) is 2.57. The molecule has 0 aliphatic heterocycles. The van der Waals surface area contributed by atoms with Crippen LogP contribution in [0.5, 0.6) is 0 Å². The lowest BCUT2D eigenvalue weighted by molar-refractivity contribution is -0.129. The molecular weight excluding hydrogens is 252 g/mol. The Morgan fingerprint density at radius 1 is 1.28 bits per heavy atom. The number of ketones is 1. The Morgan fingerprint density at radius 2 is 1.89 bits per heavy atom. The topological polar surface area (TPSA) is 60.4 Å². The number of carbonyl (C=O) groups is 1. The first-order valence-corrected chi connectivity index (χ1v) is 7.78. The molecular formula is C13H18O4S. The number of ether oxygens (including phenoxy) is 1. The van der Waals surface area contributed by atoms with Crippen molar-refractivity contribution in [3.05, 3.63) is 35.9 Å². The van der Waals surface area contributed by atoms with Crippen molar-refractivity contribution in [2.45, 2.75) is 18.9 Å². The van der Waals surface area contributed by atoms with Gasteiger partial charge in [-0.2, -0.15) is 0 Å². The third-order valence-corrected chi connectivity index (χ3v) is 3.60. The van der Waals surface area contributed by atoms with E-state index in [2.05, 4.69) is 0 Å². The zero-order valence-electron chi connectivity index (χ0n) is 10.6. The summed E-state index contributed by atoms with van der Waals surface area (Å²) >= 11 is 0. The molecule has 0 bridgehead atoms. The summed E-state index contributed by atoms with van der Waals surface area (Å²) in [5.41, 5.74) is 0.796. The second kappa shape index (κ2) is 6.66. The summed E-state index contributed by atoms with van der Waals surface area (Å²) in [5.74, 6) is -0.0587. The van der Waals surface area contributed by atoms with E-state index in [1.807, 2.05) is 30.3 Å². The largest absolute Gasteiger partial charge is 0.369 e. The summed E-state index contributed by atoms with van der Waals surface area (Å²) in [6.45, 7) is 0. The first kappa shape index (κ1) is 14.9. The smallest absolute Gasteiger partial charge is 0.166 e. The number of hydrogen-bond acceptors (Lipinski definition) is 4. The summed E-state index contributed by atoms with van der Waals surface area (Å²) in [5, 5.41) is 0. The van der Waals surface area contributed by atoms with Gasteiger partial charge in [0.05, 0.1) is 5.75 Å². The van der Waals surface area contributed by atoms with E-state index >= 15 is 0 Å². The van der Waals surface area contributed by atoms with Crippen molar-refractivity contribution >= 4 is 15.6 Å². The molecule has 0 N–H and O–H groups in total. The predicted octanol–water partition coefficient (Wildman–Crippen LogP) is 1.77. The van der Waals surface area contributed by atoms with Gasteiger partial charge in [-0.05, 0) is 12.0 Å². The number of Topliss-reactive ketones (excluding diaryl/α,β-unsaturated/α-hetero) is 1. The Hall–Kier alpha value is -1.20. The zero-order chi connectivity index (χ0) is 13.6. The van der Waals surface area contributed by atoms with Crippen LogP contribution in [0, 0.1) is 0 Å². The number of sulfone groups is 1. The molecule has 5 heteroatoms. The van der Waals surface area contributed by atoms with Crippen molar-refractivity contribution < 1.29 is 17.9 Å². The van der Waals surface area contributed by atoms with Crippen LogP contribution in [-0.2, 0) is 19.4 Å². The minimum absolute atomic E-state index is 0.0317. The van der Waals surface area contributed by atoms with Gasteiger partial charge < -0.3 is 4.74 Å². The van der Waals surface area contributed by atoms with Gasteiger partial charge in [0.2, 0.25) is 0 Å². The van der Waals surface area contributed by atoms with Crippen LogP contribution in [-0.4, -0.2) is 33.3 Å². The van der Waals surface area contributed by atoms with Crippen LogP contribution in [0.15, 0.2) is 30.3 Å². The maximum atomic E-state index is 11.9. The molecule has 1 aromatic rings.